The van der Waals surface area contributed by atoms with E-state index in [0.29, 0.717) is 5.41 Å². The average Bonchev–Trinajstić information content (AvgIpc) is 3.27. The van der Waals surface area contributed by atoms with Crippen molar-refractivity contribution >= 4 is 0 Å². The van der Waals surface area contributed by atoms with Crippen molar-refractivity contribution in [2.24, 2.45) is 11.3 Å². The van der Waals surface area contributed by atoms with Crippen molar-refractivity contribution in [2.45, 2.75) is 44.1 Å². The summed E-state index contributed by atoms with van der Waals surface area (Å²) in [6, 6.07) is 11.2. The Morgan fingerprint density at radius 1 is 1.08 bits per heavy atom. The first-order chi connectivity index (χ1) is 12.1. The van der Waals surface area contributed by atoms with Crippen LogP contribution >= 0.6 is 0 Å². The van der Waals surface area contributed by atoms with E-state index >= 15 is 0 Å². The highest BCUT2D eigenvalue weighted by atomic mass is 16.5. The monoisotopic (exact) mass is 342 g/mol. The van der Waals surface area contributed by atoms with Crippen molar-refractivity contribution in [3.05, 3.63) is 35.9 Å². The van der Waals surface area contributed by atoms with Crippen LogP contribution in [0, 0.1) is 11.3 Å². The molecular weight excluding hydrogens is 308 g/mol. The Bertz CT molecular complexity index is 557. The first-order valence-electron chi connectivity index (χ1n) is 10.2. The van der Waals surface area contributed by atoms with Crippen molar-refractivity contribution in [2.75, 3.05) is 46.9 Å². The molecule has 0 aromatic heterocycles. The lowest BCUT2D eigenvalue weighted by atomic mass is 9.64. The Labute approximate surface area is 153 Å². The van der Waals surface area contributed by atoms with Gasteiger partial charge in [-0.05, 0) is 76.1 Å². The molecule has 4 rings (SSSR count). The van der Waals surface area contributed by atoms with Crippen LogP contribution in [0.1, 0.15) is 44.1 Å². The van der Waals surface area contributed by atoms with E-state index in [1.165, 1.54) is 63.7 Å². The molecule has 1 saturated carbocycles. The molecule has 2 heterocycles. The van der Waals surface area contributed by atoms with E-state index in [0.717, 1.165) is 19.1 Å². The highest BCUT2D eigenvalue weighted by Crippen LogP contribution is 2.51. The number of ether oxygens (including phenoxy) is 1. The van der Waals surface area contributed by atoms with E-state index in [-0.39, 0.29) is 5.54 Å². The van der Waals surface area contributed by atoms with Crippen molar-refractivity contribution in [3.63, 3.8) is 0 Å². The molecular formula is C22H34N2O. The molecule has 0 bridgehead atoms. The van der Waals surface area contributed by atoms with Gasteiger partial charge < -0.3 is 9.64 Å². The maximum atomic E-state index is 5.57. The van der Waals surface area contributed by atoms with E-state index in [9.17, 15) is 0 Å². The zero-order valence-corrected chi connectivity index (χ0v) is 16.0. The Hall–Kier alpha value is -0.900. The van der Waals surface area contributed by atoms with Crippen molar-refractivity contribution in [1.29, 1.82) is 0 Å². The van der Waals surface area contributed by atoms with Crippen LogP contribution in [0.4, 0.5) is 0 Å². The molecule has 2 aliphatic heterocycles. The van der Waals surface area contributed by atoms with Crippen LogP contribution in [0.15, 0.2) is 30.3 Å². The summed E-state index contributed by atoms with van der Waals surface area (Å²) in [5.74, 6) is 0.781. The van der Waals surface area contributed by atoms with Gasteiger partial charge in [-0.25, -0.2) is 0 Å². The quantitative estimate of drug-likeness (QED) is 0.829. The van der Waals surface area contributed by atoms with Crippen LogP contribution in [-0.4, -0.2) is 56.7 Å². The predicted octanol–water partition coefficient (Wildman–Crippen LogP) is 3.75. The molecule has 2 saturated heterocycles. The second kappa shape index (κ2) is 7.02. The molecule has 1 atom stereocenters. The van der Waals surface area contributed by atoms with Crippen LogP contribution in [-0.2, 0) is 10.3 Å². The normalized spacial score (nSPS) is 36.5. The average molecular weight is 343 g/mol. The molecule has 0 N–H and O–H groups in total. The molecule has 138 valence electrons. The second-order valence-corrected chi connectivity index (χ2v) is 9.01. The number of nitrogens with zero attached hydrogens (tertiary/aromatic N) is 2. The number of hydrogen-bond donors (Lipinski definition) is 0. The van der Waals surface area contributed by atoms with E-state index in [1.807, 2.05) is 0 Å². The first kappa shape index (κ1) is 17.5. The highest BCUT2D eigenvalue weighted by Gasteiger charge is 2.47. The Morgan fingerprint density at radius 2 is 1.84 bits per heavy atom. The Morgan fingerprint density at radius 3 is 2.48 bits per heavy atom. The van der Waals surface area contributed by atoms with Gasteiger partial charge in [0.05, 0.1) is 6.61 Å². The van der Waals surface area contributed by atoms with Crippen molar-refractivity contribution < 1.29 is 4.74 Å². The fourth-order valence-electron chi connectivity index (χ4n) is 5.62. The van der Waals surface area contributed by atoms with Gasteiger partial charge in [-0.1, -0.05) is 30.3 Å². The summed E-state index contributed by atoms with van der Waals surface area (Å²) >= 11 is 0. The predicted molar refractivity (Wildman–Crippen MR) is 103 cm³/mol. The van der Waals surface area contributed by atoms with E-state index in [2.05, 4.69) is 54.2 Å². The third-order valence-corrected chi connectivity index (χ3v) is 7.36. The minimum absolute atomic E-state index is 0.235. The van der Waals surface area contributed by atoms with Crippen LogP contribution in [0.25, 0.3) is 0 Å². The van der Waals surface area contributed by atoms with Gasteiger partial charge in [0, 0.05) is 25.2 Å². The Kier molecular flexibility index (Phi) is 4.91. The summed E-state index contributed by atoms with van der Waals surface area (Å²) in [5, 5.41) is 0. The third-order valence-electron chi connectivity index (χ3n) is 7.36. The lowest BCUT2D eigenvalue weighted by Crippen LogP contribution is -2.47. The molecule has 3 aliphatic rings. The maximum Gasteiger partial charge on any atom is 0.0507 e. The van der Waals surface area contributed by atoms with Crippen molar-refractivity contribution in [1.82, 2.24) is 9.80 Å². The van der Waals surface area contributed by atoms with Crippen LogP contribution < -0.4 is 0 Å². The number of rotatable bonds is 4. The fourth-order valence-corrected chi connectivity index (χ4v) is 5.62. The molecule has 3 heteroatoms. The third kappa shape index (κ3) is 3.39. The first-order valence-corrected chi connectivity index (χ1v) is 10.2. The molecule has 1 aromatic rings. The standard InChI is InChI=1S/C22H34N2O/c1-23(2)22(20-6-4-3-5-7-20)11-9-21(10-12-22)13-14-24(18-21)16-19-8-15-25-17-19/h3-7,19H,8-18H2,1-2H3. The van der Waals surface area contributed by atoms with E-state index in [4.69, 9.17) is 4.74 Å². The molecule has 1 aromatic carbocycles. The van der Waals surface area contributed by atoms with Gasteiger partial charge >= 0.3 is 0 Å². The van der Waals surface area contributed by atoms with E-state index < -0.39 is 0 Å². The van der Waals surface area contributed by atoms with Crippen molar-refractivity contribution in [3.8, 4) is 0 Å². The summed E-state index contributed by atoms with van der Waals surface area (Å²) in [4.78, 5) is 5.22. The Balaban J connectivity index is 1.42. The number of likely N-dealkylation sites (tertiary alicyclic amines) is 1. The van der Waals surface area contributed by atoms with Gasteiger partial charge in [0.1, 0.15) is 0 Å². The van der Waals surface area contributed by atoms with Gasteiger partial charge in [-0.15, -0.1) is 0 Å². The highest BCUT2D eigenvalue weighted by molar-refractivity contribution is 5.26. The van der Waals surface area contributed by atoms with Gasteiger partial charge in [-0.2, -0.15) is 0 Å². The summed E-state index contributed by atoms with van der Waals surface area (Å²) in [6.07, 6.45) is 8.00. The molecule has 25 heavy (non-hydrogen) atoms. The SMILES string of the molecule is CN(C)C1(c2ccccc2)CCC2(CCN(CC3CCOC3)C2)CC1. The van der Waals surface area contributed by atoms with Gasteiger partial charge in [0.15, 0.2) is 0 Å². The fraction of sp³-hybridized carbons (Fsp3) is 0.727. The zero-order valence-electron chi connectivity index (χ0n) is 16.0. The number of hydrogen-bond acceptors (Lipinski definition) is 3. The van der Waals surface area contributed by atoms with E-state index in [1.54, 1.807) is 0 Å². The largest absolute Gasteiger partial charge is 0.381 e. The molecule has 3 fully saturated rings. The minimum Gasteiger partial charge on any atom is -0.381 e. The maximum absolute atomic E-state index is 5.57. The topological polar surface area (TPSA) is 15.7 Å². The second-order valence-electron chi connectivity index (χ2n) is 9.01. The van der Waals surface area contributed by atoms with Gasteiger partial charge in [0.25, 0.3) is 0 Å². The van der Waals surface area contributed by atoms with Crippen LogP contribution in [0.3, 0.4) is 0 Å². The summed E-state index contributed by atoms with van der Waals surface area (Å²) in [7, 11) is 4.54. The minimum atomic E-state index is 0.235. The summed E-state index contributed by atoms with van der Waals surface area (Å²) in [5.41, 5.74) is 2.32. The summed E-state index contributed by atoms with van der Waals surface area (Å²) < 4.78 is 5.57. The molecule has 0 amide bonds. The lowest BCUT2D eigenvalue weighted by Gasteiger charge is -2.49. The summed E-state index contributed by atoms with van der Waals surface area (Å²) in [6.45, 7) is 5.85. The molecule has 1 unspecified atom stereocenters. The lowest BCUT2D eigenvalue weighted by molar-refractivity contribution is 0.0373. The van der Waals surface area contributed by atoms with Gasteiger partial charge in [0.2, 0.25) is 0 Å². The number of benzene rings is 1. The van der Waals surface area contributed by atoms with Crippen LogP contribution in [0.5, 0.6) is 0 Å². The molecule has 0 radical (unpaired) electrons. The molecule has 1 aliphatic carbocycles. The smallest absolute Gasteiger partial charge is 0.0507 e. The van der Waals surface area contributed by atoms with Gasteiger partial charge in [-0.3, -0.25) is 4.90 Å². The zero-order chi connectivity index (χ0) is 17.3. The molecule has 3 nitrogen and oxygen atoms in total. The molecule has 1 spiro atoms. The van der Waals surface area contributed by atoms with Crippen LogP contribution in [0.2, 0.25) is 0 Å².